The van der Waals surface area contributed by atoms with Crippen LogP contribution >= 0.6 is 11.6 Å². The van der Waals surface area contributed by atoms with Crippen molar-refractivity contribution in [2.45, 2.75) is 52.0 Å². The van der Waals surface area contributed by atoms with Gasteiger partial charge in [0.25, 0.3) is 0 Å². The molecular weight excluding hydrogens is 268 g/mol. The zero-order chi connectivity index (χ0) is 14.3. The second-order valence-electron chi connectivity index (χ2n) is 5.13. The summed E-state index contributed by atoms with van der Waals surface area (Å²) in [5.74, 6) is -1.70. The van der Waals surface area contributed by atoms with Gasteiger partial charge in [0.2, 0.25) is 0 Å². The third-order valence-corrected chi connectivity index (χ3v) is 3.37. The molecule has 0 radical (unpaired) electrons. The maximum absolute atomic E-state index is 13.1. The summed E-state index contributed by atoms with van der Waals surface area (Å²) in [6.45, 7) is 5.29. The van der Waals surface area contributed by atoms with Crippen LogP contribution in [0.2, 0.25) is 5.02 Å². The van der Waals surface area contributed by atoms with Gasteiger partial charge in [0, 0.05) is 11.1 Å². The van der Waals surface area contributed by atoms with Gasteiger partial charge in [-0.1, -0.05) is 38.3 Å². The van der Waals surface area contributed by atoms with Gasteiger partial charge in [-0.2, -0.15) is 0 Å². The lowest BCUT2D eigenvalue weighted by Gasteiger charge is -2.08. The van der Waals surface area contributed by atoms with E-state index in [0.717, 1.165) is 38.3 Å². The molecule has 0 aliphatic rings. The first kappa shape index (κ1) is 16.4. The predicted molar refractivity (Wildman–Crippen MR) is 76.7 cm³/mol. The minimum Gasteiger partial charge on any atom is -0.315 e. The van der Waals surface area contributed by atoms with Crippen molar-refractivity contribution in [3.8, 4) is 0 Å². The minimum absolute atomic E-state index is 0.320. The van der Waals surface area contributed by atoms with Crippen molar-refractivity contribution in [2.75, 3.05) is 6.54 Å². The Morgan fingerprint density at radius 3 is 2.37 bits per heavy atom. The summed E-state index contributed by atoms with van der Waals surface area (Å²) >= 11 is 5.88. The van der Waals surface area contributed by atoms with Crippen molar-refractivity contribution in [2.24, 2.45) is 0 Å². The van der Waals surface area contributed by atoms with Crippen LogP contribution in [0.15, 0.2) is 12.1 Å². The Labute approximate surface area is 119 Å². The highest BCUT2D eigenvalue weighted by atomic mass is 35.5. The van der Waals surface area contributed by atoms with Crippen LogP contribution in [-0.2, 0) is 6.42 Å². The van der Waals surface area contributed by atoms with E-state index in [1.165, 1.54) is 6.07 Å². The molecule has 0 heterocycles. The molecule has 19 heavy (non-hydrogen) atoms. The summed E-state index contributed by atoms with van der Waals surface area (Å²) in [4.78, 5) is 0. The van der Waals surface area contributed by atoms with E-state index in [0.29, 0.717) is 23.0 Å². The van der Waals surface area contributed by atoms with Crippen molar-refractivity contribution in [1.29, 1.82) is 0 Å². The molecule has 1 N–H and O–H groups in total. The highest BCUT2D eigenvalue weighted by molar-refractivity contribution is 6.31. The summed E-state index contributed by atoms with van der Waals surface area (Å²) in [5, 5.41) is 3.68. The molecule has 1 aromatic carbocycles. The molecular formula is C15H22ClF2N. The fourth-order valence-corrected chi connectivity index (χ4v) is 2.18. The normalized spacial score (nSPS) is 11.3. The molecule has 0 aliphatic heterocycles. The molecule has 108 valence electrons. The lowest BCUT2D eigenvalue weighted by molar-refractivity contribution is 0.506. The molecule has 0 unspecified atom stereocenters. The van der Waals surface area contributed by atoms with E-state index < -0.39 is 11.6 Å². The molecule has 1 rings (SSSR count). The van der Waals surface area contributed by atoms with Crippen LogP contribution in [0.3, 0.4) is 0 Å². The van der Waals surface area contributed by atoms with E-state index in [-0.39, 0.29) is 0 Å². The van der Waals surface area contributed by atoms with Crippen LogP contribution in [-0.4, -0.2) is 12.6 Å². The van der Waals surface area contributed by atoms with E-state index in [4.69, 9.17) is 11.6 Å². The molecule has 0 bridgehead atoms. The lowest BCUT2D eigenvalue weighted by Crippen LogP contribution is -2.23. The topological polar surface area (TPSA) is 12.0 Å². The second kappa shape index (κ2) is 8.49. The Kier molecular flexibility index (Phi) is 7.32. The molecule has 1 aromatic rings. The lowest BCUT2D eigenvalue weighted by atomic mass is 10.1. The Bertz CT molecular complexity index is 394. The van der Waals surface area contributed by atoms with Gasteiger partial charge in [0.15, 0.2) is 11.6 Å². The van der Waals surface area contributed by atoms with E-state index in [1.807, 2.05) is 0 Å². The quantitative estimate of drug-likeness (QED) is 0.539. The van der Waals surface area contributed by atoms with Crippen molar-refractivity contribution in [1.82, 2.24) is 5.32 Å². The predicted octanol–water partition coefficient (Wildman–Crippen LogP) is 4.72. The first-order valence-corrected chi connectivity index (χ1v) is 7.25. The fraction of sp³-hybridized carbons (Fsp3) is 0.600. The summed E-state index contributed by atoms with van der Waals surface area (Å²) in [6, 6.07) is 2.79. The van der Waals surface area contributed by atoms with Crippen LogP contribution in [0.5, 0.6) is 0 Å². The van der Waals surface area contributed by atoms with Crippen LogP contribution < -0.4 is 5.32 Å². The molecule has 0 aliphatic carbocycles. The first-order chi connectivity index (χ1) is 9.00. The number of benzene rings is 1. The average Bonchev–Trinajstić information content (AvgIpc) is 2.33. The van der Waals surface area contributed by atoms with Crippen LogP contribution in [0, 0.1) is 11.6 Å². The number of unbranched alkanes of at least 4 members (excludes halogenated alkanes) is 3. The van der Waals surface area contributed by atoms with Crippen molar-refractivity contribution >= 4 is 11.6 Å². The molecule has 4 heteroatoms. The van der Waals surface area contributed by atoms with Crippen molar-refractivity contribution < 1.29 is 8.78 Å². The van der Waals surface area contributed by atoms with E-state index in [2.05, 4.69) is 19.2 Å². The highest BCUT2D eigenvalue weighted by Gasteiger charge is 2.07. The number of halogens is 3. The largest absolute Gasteiger partial charge is 0.315 e. The maximum Gasteiger partial charge on any atom is 0.160 e. The third kappa shape index (κ3) is 6.35. The van der Waals surface area contributed by atoms with Gasteiger partial charge in [-0.15, -0.1) is 0 Å². The second-order valence-corrected chi connectivity index (χ2v) is 5.54. The van der Waals surface area contributed by atoms with Gasteiger partial charge in [0.1, 0.15) is 0 Å². The molecule has 0 saturated heterocycles. The summed E-state index contributed by atoms with van der Waals surface area (Å²) in [7, 11) is 0. The third-order valence-electron chi connectivity index (χ3n) is 3.01. The smallest absolute Gasteiger partial charge is 0.160 e. The number of hydrogen-bond donors (Lipinski definition) is 1. The zero-order valence-electron chi connectivity index (χ0n) is 11.6. The van der Waals surface area contributed by atoms with E-state index >= 15 is 0 Å². The van der Waals surface area contributed by atoms with Crippen molar-refractivity contribution in [3.05, 3.63) is 34.4 Å². The zero-order valence-corrected chi connectivity index (χ0v) is 12.4. The van der Waals surface area contributed by atoms with Gasteiger partial charge in [-0.3, -0.25) is 0 Å². The molecule has 0 atom stereocenters. The molecule has 0 fully saturated rings. The Balaban J connectivity index is 2.21. The number of rotatable bonds is 8. The van der Waals surface area contributed by atoms with E-state index in [9.17, 15) is 8.78 Å². The Morgan fingerprint density at radius 1 is 1.05 bits per heavy atom. The molecule has 0 saturated carbocycles. The fourth-order valence-electron chi connectivity index (χ4n) is 1.94. The van der Waals surface area contributed by atoms with Gasteiger partial charge in [-0.05, 0) is 43.5 Å². The number of aryl methyl sites for hydroxylation is 1. The van der Waals surface area contributed by atoms with E-state index in [1.54, 1.807) is 0 Å². The number of nitrogens with one attached hydrogen (secondary N) is 1. The maximum atomic E-state index is 13.1. The van der Waals surface area contributed by atoms with Crippen LogP contribution in [0.4, 0.5) is 8.78 Å². The minimum atomic E-state index is -0.881. The van der Waals surface area contributed by atoms with Gasteiger partial charge >= 0.3 is 0 Å². The van der Waals surface area contributed by atoms with Gasteiger partial charge < -0.3 is 5.32 Å². The number of hydrogen-bond acceptors (Lipinski definition) is 1. The van der Waals surface area contributed by atoms with Crippen LogP contribution in [0.1, 0.15) is 45.1 Å². The van der Waals surface area contributed by atoms with Gasteiger partial charge in [-0.25, -0.2) is 8.78 Å². The molecule has 0 aromatic heterocycles. The summed E-state index contributed by atoms with van der Waals surface area (Å²) in [6.07, 6.45) is 5.01. The molecule has 0 spiro atoms. The Morgan fingerprint density at radius 2 is 1.68 bits per heavy atom. The first-order valence-electron chi connectivity index (χ1n) is 6.87. The van der Waals surface area contributed by atoms with Gasteiger partial charge in [0.05, 0.1) is 0 Å². The van der Waals surface area contributed by atoms with Crippen LogP contribution in [0.25, 0.3) is 0 Å². The monoisotopic (exact) mass is 289 g/mol. The summed E-state index contributed by atoms with van der Waals surface area (Å²) in [5.41, 5.74) is 0.695. The standard InChI is InChI=1S/C15H22ClF2N/c1-11(2)19-8-6-4-3-5-7-12-9-14(17)15(18)10-13(12)16/h9-11,19H,3-8H2,1-2H3. The molecule has 0 amide bonds. The molecule has 1 nitrogen and oxygen atoms in total. The SMILES string of the molecule is CC(C)NCCCCCCc1cc(F)c(F)cc1Cl. The highest BCUT2D eigenvalue weighted by Crippen LogP contribution is 2.22. The Hall–Kier alpha value is -0.670. The van der Waals surface area contributed by atoms with Crippen molar-refractivity contribution in [3.63, 3.8) is 0 Å². The average molecular weight is 290 g/mol. The summed E-state index contributed by atoms with van der Waals surface area (Å²) < 4.78 is 26.0.